The second-order valence-corrected chi connectivity index (χ2v) is 13.2. The van der Waals surface area contributed by atoms with Gasteiger partial charge in [-0.3, -0.25) is 0 Å². The van der Waals surface area contributed by atoms with Gasteiger partial charge in [0.15, 0.2) is 0 Å². The van der Waals surface area contributed by atoms with Gasteiger partial charge in [-0.15, -0.1) is 0 Å². The highest BCUT2D eigenvalue weighted by Crippen LogP contribution is 2.42. The zero-order valence-corrected chi connectivity index (χ0v) is 24.4. The standard InChI is InChI=1S/C30H42N2O7S/c1-22(2)20-32(40(35,36)26-12-10-24(37-3)11-13-26)21-28(33)27(18-23-8-5-4-6-9-23)31-29(34)39-25-14-16-30(19-25)15-7-17-38-30/h4-6,8-13,22,25,27-28,33H,7,14-21H2,1-3H3,(H,31,34)/t25-,27-,28+,30+/m0/s1. The molecule has 9 nitrogen and oxygen atoms in total. The Morgan fingerprint density at radius 2 is 1.85 bits per heavy atom. The summed E-state index contributed by atoms with van der Waals surface area (Å²) in [6.45, 7) is 4.60. The van der Waals surface area contributed by atoms with Crippen LogP contribution in [0.25, 0.3) is 0 Å². The van der Waals surface area contributed by atoms with E-state index in [-0.39, 0.29) is 35.6 Å². The zero-order chi connectivity index (χ0) is 28.8. The van der Waals surface area contributed by atoms with Gasteiger partial charge in [0.1, 0.15) is 11.9 Å². The van der Waals surface area contributed by atoms with Crippen molar-refractivity contribution in [3.05, 3.63) is 60.2 Å². The van der Waals surface area contributed by atoms with Gasteiger partial charge in [-0.2, -0.15) is 4.31 Å². The molecule has 10 heteroatoms. The summed E-state index contributed by atoms with van der Waals surface area (Å²) in [7, 11) is -2.41. The largest absolute Gasteiger partial charge is 0.497 e. The fourth-order valence-corrected chi connectivity index (χ4v) is 7.28. The number of aliphatic hydroxyl groups is 1. The lowest BCUT2D eigenvalue weighted by atomic mass is 9.99. The Hall–Kier alpha value is -2.66. The number of aliphatic hydroxyl groups excluding tert-OH is 1. The van der Waals surface area contributed by atoms with E-state index in [2.05, 4.69) is 5.32 Å². The van der Waals surface area contributed by atoms with Gasteiger partial charge >= 0.3 is 6.09 Å². The minimum absolute atomic E-state index is 0.0122. The molecule has 1 aliphatic carbocycles. The number of amides is 1. The maximum Gasteiger partial charge on any atom is 0.407 e. The van der Waals surface area contributed by atoms with Crippen molar-refractivity contribution in [1.82, 2.24) is 9.62 Å². The van der Waals surface area contributed by atoms with Crippen molar-refractivity contribution in [1.29, 1.82) is 0 Å². The van der Waals surface area contributed by atoms with Gasteiger partial charge in [-0.05, 0) is 67.9 Å². The van der Waals surface area contributed by atoms with E-state index in [1.54, 1.807) is 12.1 Å². The number of methoxy groups -OCH3 is 1. The predicted molar refractivity (Wildman–Crippen MR) is 152 cm³/mol. The summed E-state index contributed by atoms with van der Waals surface area (Å²) in [5, 5.41) is 14.3. The van der Waals surface area contributed by atoms with Crippen LogP contribution in [0, 0.1) is 5.92 Å². The van der Waals surface area contributed by atoms with E-state index in [9.17, 15) is 18.3 Å². The molecule has 0 bridgehead atoms. The number of alkyl carbamates (subject to hydrolysis) is 1. The van der Waals surface area contributed by atoms with Gasteiger partial charge in [0, 0.05) is 26.1 Å². The molecule has 2 N–H and O–H groups in total. The minimum Gasteiger partial charge on any atom is -0.497 e. The molecule has 1 saturated heterocycles. The first-order valence-corrected chi connectivity index (χ1v) is 15.5. The van der Waals surface area contributed by atoms with Crippen LogP contribution in [-0.2, 0) is 25.9 Å². The maximum atomic E-state index is 13.6. The average molecular weight is 575 g/mol. The Kier molecular flexibility index (Phi) is 10.1. The molecule has 1 amide bonds. The van der Waals surface area contributed by atoms with Crippen molar-refractivity contribution >= 4 is 16.1 Å². The fraction of sp³-hybridized carbons (Fsp3) is 0.567. The highest BCUT2D eigenvalue weighted by molar-refractivity contribution is 7.89. The number of benzene rings is 2. The quantitative estimate of drug-likeness (QED) is 0.392. The Labute approximate surface area is 237 Å². The highest BCUT2D eigenvalue weighted by Gasteiger charge is 2.44. The lowest BCUT2D eigenvalue weighted by molar-refractivity contribution is -0.00296. The second kappa shape index (κ2) is 13.3. The van der Waals surface area contributed by atoms with E-state index in [0.717, 1.165) is 37.9 Å². The summed E-state index contributed by atoms with van der Waals surface area (Å²) in [6.07, 6.45) is 2.55. The monoisotopic (exact) mass is 574 g/mol. The molecule has 2 aromatic carbocycles. The minimum atomic E-state index is -3.92. The maximum absolute atomic E-state index is 13.6. The molecule has 220 valence electrons. The van der Waals surface area contributed by atoms with Crippen LogP contribution in [0.1, 0.15) is 51.5 Å². The Balaban J connectivity index is 1.49. The molecule has 4 atom stereocenters. The number of nitrogens with one attached hydrogen (secondary N) is 1. The Morgan fingerprint density at radius 3 is 2.48 bits per heavy atom. The van der Waals surface area contributed by atoms with Crippen molar-refractivity contribution in [3.8, 4) is 5.75 Å². The van der Waals surface area contributed by atoms with E-state index < -0.39 is 28.3 Å². The van der Waals surface area contributed by atoms with Gasteiger partial charge in [-0.25, -0.2) is 13.2 Å². The molecule has 40 heavy (non-hydrogen) atoms. The molecule has 1 spiro atoms. The van der Waals surface area contributed by atoms with Gasteiger partial charge in [0.2, 0.25) is 10.0 Å². The first kappa shape index (κ1) is 30.3. The normalized spacial score (nSPS) is 22.5. The van der Waals surface area contributed by atoms with E-state index >= 15 is 0 Å². The lowest BCUT2D eigenvalue weighted by Crippen LogP contribution is -2.51. The molecule has 0 unspecified atom stereocenters. The van der Waals surface area contributed by atoms with E-state index in [1.165, 1.54) is 23.5 Å². The van der Waals surface area contributed by atoms with Crippen LogP contribution in [0.2, 0.25) is 0 Å². The Morgan fingerprint density at radius 1 is 1.12 bits per heavy atom. The van der Waals surface area contributed by atoms with E-state index in [4.69, 9.17) is 14.2 Å². The van der Waals surface area contributed by atoms with Gasteiger partial charge < -0.3 is 24.6 Å². The topological polar surface area (TPSA) is 114 Å². The van der Waals surface area contributed by atoms with Crippen molar-refractivity contribution < 1.29 is 32.5 Å². The number of sulfonamides is 1. The molecule has 2 aromatic rings. The van der Waals surface area contributed by atoms with Crippen LogP contribution < -0.4 is 10.1 Å². The fourth-order valence-electron chi connectivity index (χ4n) is 5.66. The van der Waals surface area contributed by atoms with Crippen LogP contribution in [0.3, 0.4) is 0 Å². The summed E-state index contributed by atoms with van der Waals surface area (Å²) in [5.74, 6) is 0.561. The molecule has 2 fully saturated rings. The van der Waals surface area contributed by atoms with E-state index in [1.807, 2.05) is 44.2 Å². The number of rotatable bonds is 12. The third-order valence-corrected chi connectivity index (χ3v) is 9.55. The molecule has 0 radical (unpaired) electrons. The smallest absolute Gasteiger partial charge is 0.407 e. The SMILES string of the molecule is COc1ccc(S(=O)(=O)N(CC(C)C)C[C@@H](O)[C@H](Cc2ccccc2)NC(=O)O[C@H]2CC[C@]3(CCCO3)C2)cc1. The van der Waals surface area contributed by atoms with Crippen LogP contribution in [0.5, 0.6) is 5.75 Å². The third kappa shape index (κ3) is 7.75. The molecule has 1 aliphatic heterocycles. The number of nitrogens with zero attached hydrogens (tertiary/aromatic N) is 1. The zero-order valence-electron chi connectivity index (χ0n) is 23.6. The number of carbonyl (C=O) groups is 1. The number of hydrogen-bond donors (Lipinski definition) is 2. The molecular weight excluding hydrogens is 532 g/mol. The number of ether oxygens (including phenoxy) is 3. The van der Waals surface area contributed by atoms with Crippen molar-refractivity contribution in [3.63, 3.8) is 0 Å². The molecule has 0 aromatic heterocycles. The highest BCUT2D eigenvalue weighted by atomic mass is 32.2. The van der Waals surface area contributed by atoms with Crippen LogP contribution in [0.15, 0.2) is 59.5 Å². The van der Waals surface area contributed by atoms with Gasteiger partial charge in [0.25, 0.3) is 0 Å². The Bertz CT molecular complexity index is 1200. The summed E-state index contributed by atoms with van der Waals surface area (Å²) >= 11 is 0. The summed E-state index contributed by atoms with van der Waals surface area (Å²) in [5.41, 5.74) is 0.723. The molecule has 2 aliphatic rings. The van der Waals surface area contributed by atoms with Crippen LogP contribution in [-0.4, -0.2) is 74.6 Å². The average Bonchev–Trinajstić information content (AvgIpc) is 3.56. The molecule has 1 heterocycles. The van der Waals surface area contributed by atoms with Crippen molar-refractivity contribution in [2.45, 2.75) is 81.1 Å². The lowest BCUT2D eigenvalue weighted by Gasteiger charge is -2.31. The molecule has 4 rings (SSSR count). The van der Waals surface area contributed by atoms with Crippen molar-refractivity contribution in [2.24, 2.45) is 5.92 Å². The number of carbonyl (C=O) groups excluding carboxylic acids is 1. The number of hydrogen-bond acceptors (Lipinski definition) is 7. The van der Waals surface area contributed by atoms with Gasteiger partial charge in [-0.1, -0.05) is 44.2 Å². The second-order valence-electron chi connectivity index (χ2n) is 11.3. The van der Waals surface area contributed by atoms with Crippen LogP contribution >= 0.6 is 0 Å². The van der Waals surface area contributed by atoms with E-state index in [0.29, 0.717) is 18.6 Å². The van der Waals surface area contributed by atoms with Crippen molar-refractivity contribution in [2.75, 3.05) is 26.8 Å². The van der Waals surface area contributed by atoms with Gasteiger partial charge in [0.05, 0.1) is 29.8 Å². The first-order valence-electron chi connectivity index (χ1n) is 14.1. The molecule has 1 saturated carbocycles. The first-order chi connectivity index (χ1) is 19.1. The summed E-state index contributed by atoms with van der Waals surface area (Å²) in [4.78, 5) is 13.1. The van der Waals surface area contributed by atoms with Crippen LogP contribution in [0.4, 0.5) is 4.79 Å². The predicted octanol–water partition coefficient (Wildman–Crippen LogP) is 4.14. The summed E-state index contributed by atoms with van der Waals surface area (Å²) in [6, 6.07) is 14.9. The third-order valence-electron chi connectivity index (χ3n) is 7.70. The molecular formula is C30H42N2O7S. The summed E-state index contributed by atoms with van der Waals surface area (Å²) < 4.78 is 45.4.